The van der Waals surface area contributed by atoms with Crippen LogP contribution in [0.4, 0.5) is 8.78 Å². The quantitative estimate of drug-likeness (QED) is 0.867. The van der Waals surface area contributed by atoms with Crippen molar-refractivity contribution in [3.63, 3.8) is 0 Å². The van der Waals surface area contributed by atoms with E-state index in [-0.39, 0.29) is 24.9 Å². The molecule has 1 aliphatic carbocycles. The van der Waals surface area contributed by atoms with Crippen molar-refractivity contribution in [2.24, 2.45) is 17.6 Å². The van der Waals surface area contributed by atoms with Crippen molar-refractivity contribution in [3.05, 3.63) is 35.4 Å². The number of halogens is 2. The molecule has 0 bridgehead atoms. The molecule has 3 N–H and O–H groups in total. The summed E-state index contributed by atoms with van der Waals surface area (Å²) >= 11 is 0. The van der Waals surface area contributed by atoms with Gasteiger partial charge < -0.3 is 20.3 Å². The molecule has 1 saturated heterocycles. The summed E-state index contributed by atoms with van der Waals surface area (Å²) in [6.07, 6.45) is 1.97. The number of benzene rings is 1. The average Bonchev–Trinajstić information content (AvgIpc) is 3.32. The number of methoxy groups -OCH3 is 1. The van der Waals surface area contributed by atoms with E-state index in [0.717, 1.165) is 18.9 Å². The van der Waals surface area contributed by atoms with Gasteiger partial charge in [-0.2, -0.15) is 0 Å². The van der Waals surface area contributed by atoms with Gasteiger partial charge in [0.15, 0.2) is 0 Å². The fraction of sp³-hybridized carbons (Fsp3) is 0.647. The van der Waals surface area contributed by atoms with Gasteiger partial charge in [-0.15, -0.1) is 0 Å². The molecular weight excluding hydrogens is 304 g/mol. The second-order valence-electron chi connectivity index (χ2n) is 6.72. The van der Waals surface area contributed by atoms with Crippen LogP contribution in [0.2, 0.25) is 0 Å². The average molecular weight is 327 g/mol. The number of hydrogen-bond donors (Lipinski definition) is 2. The Morgan fingerprint density at radius 1 is 1.43 bits per heavy atom. The van der Waals surface area contributed by atoms with E-state index in [1.165, 1.54) is 19.2 Å². The Morgan fingerprint density at radius 3 is 2.78 bits per heavy atom. The molecule has 1 aliphatic heterocycles. The van der Waals surface area contributed by atoms with Crippen LogP contribution in [0.3, 0.4) is 0 Å². The van der Waals surface area contributed by atoms with Crippen LogP contribution in [0.15, 0.2) is 18.2 Å². The third kappa shape index (κ3) is 3.26. The molecule has 0 amide bonds. The van der Waals surface area contributed by atoms with Crippen LogP contribution in [0, 0.1) is 23.5 Å². The third-order valence-electron chi connectivity index (χ3n) is 5.07. The number of aliphatic hydroxyl groups is 1. The molecule has 1 aromatic carbocycles. The van der Waals surface area contributed by atoms with Crippen molar-refractivity contribution >= 4 is 0 Å². The monoisotopic (exact) mass is 327 g/mol. The summed E-state index contributed by atoms with van der Waals surface area (Å²) in [5.74, 6) is -1.29. The van der Waals surface area contributed by atoms with Gasteiger partial charge in [-0.05, 0) is 31.2 Å². The van der Waals surface area contributed by atoms with Gasteiger partial charge in [0.1, 0.15) is 11.6 Å². The van der Waals surface area contributed by atoms with E-state index < -0.39 is 29.2 Å². The fourth-order valence-electron chi connectivity index (χ4n) is 3.61. The van der Waals surface area contributed by atoms with Crippen molar-refractivity contribution in [1.82, 2.24) is 0 Å². The summed E-state index contributed by atoms with van der Waals surface area (Å²) in [7, 11) is 1.50. The molecule has 1 heterocycles. The minimum Gasteiger partial charge on any atom is -0.390 e. The highest BCUT2D eigenvalue weighted by atomic mass is 19.1. The van der Waals surface area contributed by atoms with E-state index in [0.29, 0.717) is 12.3 Å². The van der Waals surface area contributed by atoms with Crippen molar-refractivity contribution in [3.8, 4) is 0 Å². The van der Waals surface area contributed by atoms with Crippen molar-refractivity contribution < 1.29 is 23.4 Å². The Morgan fingerprint density at radius 2 is 2.17 bits per heavy atom. The van der Waals surface area contributed by atoms with Crippen LogP contribution >= 0.6 is 0 Å². The van der Waals surface area contributed by atoms with Crippen LogP contribution in [0.5, 0.6) is 0 Å². The van der Waals surface area contributed by atoms with Crippen LogP contribution < -0.4 is 5.73 Å². The Kier molecular flexibility index (Phi) is 4.69. The fourth-order valence-corrected chi connectivity index (χ4v) is 3.61. The topological polar surface area (TPSA) is 64.7 Å². The summed E-state index contributed by atoms with van der Waals surface area (Å²) in [5.41, 5.74) is 5.45. The molecule has 2 aliphatic rings. The molecule has 4 atom stereocenters. The van der Waals surface area contributed by atoms with Gasteiger partial charge in [-0.25, -0.2) is 8.78 Å². The summed E-state index contributed by atoms with van der Waals surface area (Å²) in [5, 5.41) is 10.5. The van der Waals surface area contributed by atoms with Gasteiger partial charge in [0, 0.05) is 24.7 Å². The Bertz CT molecular complexity index is 567. The van der Waals surface area contributed by atoms with Crippen molar-refractivity contribution in [1.29, 1.82) is 0 Å². The number of ether oxygens (including phenoxy) is 2. The first kappa shape index (κ1) is 16.8. The summed E-state index contributed by atoms with van der Waals surface area (Å²) in [6.45, 7) is 0.214. The lowest BCUT2D eigenvalue weighted by molar-refractivity contribution is -0.115. The van der Waals surface area contributed by atoms with Gasteiger partial charge in [0.05, 0.1) is 31.0 Å². The van der Waals surface area contributed by atoms with E-state index in [1.807, 2.05) is 0 Å². The second kappa shape index (κ2) is 6.43. The van der Waals surface area contributed by atoms with E-state index in [2.05, 4.69) is 0 Å². The molecule has 1 saturated carbocycles. The first-order valence-electron chi connectivity index (χ1n) is 7.98. The van der Waals surface area contributed by atoms with Gasteiger partial charge in [0.2, 0.25) is 0 Å². The van der Waals surface area contributed by atoms with E-state index in [4.69, 9.17) is 15.2 Å². The predicted octanol–water partition coefficient (Wildman–Crippen LogP) is 1.94. The van der Waals surface area contributed by atoms with E-state index in [1.54, 1.807) is 0 Å². The number of rotatable bonds is 5. The van der Waals surface area contributed by atoms with E-state index >= 15 is 0 Å². The lowest BCUT2D eigenvalue weighted by Gasteiger charge is -2.46. The number of nitrogens with two attached hydrogens (primary N) is 1. The predicted molar refractivity (Wildman–Crippen MR) is 80.7 cm³/mol. The minimum absolute atomic E-state index is 0.0340. The first-order chi connectivity index (χ1) is 11.0. The molecule has 4 nitrogen and oxygen atoms in total. The van der Waals surface area contributed by atoms with Gasteiger partial charge in [0.25, 0.3) is 0 Å². The zero-order valence-corrected chi connectivity index (χ0v) is 13.2. The lowest BCUT2D eigenvalue weighted by Crippen LogP contribution is -2.58. The van der Waals surface area contributed by atoms with Crippen LogP contribution in [0.1, 0.15) is 24.8 Å². The standard InChI is InChI=1S/C17H23F2NO3/c1-22-8-15(21)13-7-16(10-2-3-10)23-9-17(13,20)12-5-4-11(18)6-14(12)19/h4-6,10,13,15-16,21H,2-3,7-9,20H2,1H3. The molecule has 0 spiro atoms. The maximum atomic E-state index is 14.3. The Balaban J connectivity index is 1.92. The Hall–Kier alpha value is -1.08. The van der Waals surface area contributed by atoms with Crippen molar-refractivity contribution in [2.75, 3.05) is 20.3 Å². The highest BCUT2D eigenvalue weighted by Crippen LogP contribution is 2.45. The van der Waals surface area contributed by atoms with Crippen LogP contribution in [0.25, 0.3) is 0 Å². The Labute approximate surface area is 134 Å². The van der Waals surface area contributed by atoms with Gasteiger partial charge in [-0.3, -0.25) is 0 Å². The summed E-state index contributed by atoms with van der Waals surface area (Å²) in [4.78, 5) is 0. The molecule has 128 valence electrons. The smallest absolute Gasteiger partial charge is 0.131 e. The largest absolute Gasteiger partial charge is 0.390 e. The molecule has 1 aromatic rings. The molecule has 4 unspecified atom stereocenters. The molecule has 3 rings (SSSR count). The molecule has 23 heavy (non-hydrogen) atoms. The second-order valence-corrected chi connectivity index (χ2v) is 6.72. The van der Waals surface area contributed by atoms with Gasteiger partial charge in [-0.1, -0.05) is 6.07 Å². The number of hydrogen-bond acceptors (Lipinski definition) is 4. The van der Waals surface area contributed by atoms with Crippen molar-refractivity contribution in [2.45, 2.75) is 37.0 Å². The first-order valence-corrected chi connectivity index (χ1v) is 7.98. The lowest BCUT2D eigenvalue weighted by atomic mass is 9.71. The third-order valence-corrected chi connectivity index (χ3v) is 5.07. The normalized spacial score (nSPS) is 32.7. The summed E-state index contributed by atoms with van der Waals surface area (Å²) < 4.78 is 38.4. The molecule has 2 fully saturated rings. The van der Waals surface area contributed by atoms with Crippen LogP contribution in [-0.2, 0) is 15.0 Å². The zero-order chi connectivity index (χ0) is 16.6. The number of aliphatic hydroxyl groups excluding tert-OH is 1. The molecular formula is C17H23F2NO3. The SMILES string of the molecule is COCC(O)C1CC(C2CC2)OCC1(N)c1ccc(F)cc1F. The molecule has 0 radical (unpaired) electrons. The van der Waals surface area contributed by atoms with Gasteiger partial charge >= 0.3 is 0 Å². The molecule has 6 heteroatoms. The van der Waals surface area contributed by atoms with Crippen LogP contribution in [-0.4, -0.2) is 37.6 Å². The minimum atomic E-state index is -1.21. The maximum Gasteiger partial charge on any atom is 0.131 e. The highest BCUT2D eigenvalue weighted by molar-refractivity contribution is 5.29. The highest BCUT2D eigenvalue weighted by Gasteiger charge is 2.50. The molecule has 0 aromatic heterocycles. The summed E-state index contributed by atoms with van der Waals surface area (Å²) in [6, 6.07) is 3.34. The maximum absolute atomic E-state index is 14.3. The zero-order valence-electron chi connectivity index (χ0n) is 13.2. The van der Waals surface area contributed by atoms with E-state index in [9.17, 15) is 13.9 Å².